The van der Waals surface area contributed by atoms with Gasteiger partial charge in [-0.05, 0) is 17.2 Å². The van der Waals surface area contributed by atoms with Crippen molar-refractivity contribution in [3.63, 3.8) is 0 Å². The van der Waals surface area contributed by atoms with Crippen LogP contribution in [0.5, 0.6) is 0 Å². The third kappa shape index (κ3) is 5.76. The Bertz CT molecular complexity index is 1120. The van der Waals surface area contributed by atoms with E-state index in [1.54, 1.807) is 11.0 Å². The molecule has 0 aliphatic rings. The topological polar surface area (TPSA) is 59.2 Å². The molecule has 4 rings (SSSR count). The highest BCUT2D eigenvalue weighted by molar-refractivity contribution is 5.91. The number of amides is 1. The van der Waals surface area contributed by atoms with Gasteiger partial charge in [-0.25, -0.2) is 0 Å². The normalized spacial score (nSPS) is 11.0. The summed E-state index contributed by atoms with van der Waals surface area (Å²) >= 11 is 0. The van der Waals surface area contributed by atoms with E-state index >= 15 is 0 Å². The second-order valence-corrected chi connectivity index (χ2v) is 7.12. The van der Waals surface area contributed by atoms with Gasteiger partial charge >= 0.3 is 0 Å². The number of hydrogen-bond acceptors (Lipinski definition) is 4. The van der Waals surface area contributed by atoms with Crippen LogP contribution in [-0.2, 0) is 17.8 Å². The Morgan fingerprint density at radius 3 is 2.23 bits per heavy atom. The van der Waals surface area contributed by atoms with Crippen molar-refractivity contribution in [1.82, 2.24) is 15.0 Å². The summed E-state index contributed by atoms with van der Waals surface area (Å²) in [5.41, 5.74) is 2.96. The quantitative estimate of drug-likeness (QED) is 0.383. The summed E-state index contributed by atoms with van der Waals surface area (Å²) in [5.74, 6) is 1.01. The Morgan fingerprint density at radius 2 is 1.52 bits per heavy atom. The Balaban J connectivity index is 1.46. The first-order chi connectivity index (χ1) is 15.3. The van der Waals surface area contributed by atoms with Gasteiger partial charge in [-0.15, -0.1) is 0 Å². The molecular weight excluding hydrogens is 386 g/mol. The van der Waals surface area contributed by atoms with E-state index < -0.39 is 0 Å². The highest BCUT2D eigenvalue weighted by Crippen LogP contribution is 2.15. The second-order valence-electron chi connectivity index (χ2n) is 7.12. The maximum Gasteiger partial charge on any atom is 0.246 e. The van der Waals surface area contributed by atoms with E-state index in [0.717, 1.165) is 16.7 Å². The van der Waals surface area contributed by atoms with E-state index in [2.05, 4.69) is 10.1 Å². The van der Waals surface area contributed by atoms with Gasteiger partial charge in [0.15, 0.2) is 0 Å². The lowest BCUT2D eigenvalue weighted by molar-refractivity contribution is -0.126. The van der Waals surface area contributed by atoms with Crippen LogP contribution >= 0.6 is 0 Å². The molecule has 0 spiro atoms. The smallest absolute Gasteiger partial charge is 0.246 e. The highest BCUT2D eigenvalue weighted by Gasteiger charge is 2.15. The van der Waals surface area contributed by atoms with Crippen LogP contribution in [-0.4, -0.2) is 27.5 Å². The van der Waals surface area contributed by atoms with Crippen LogP contribution in [0, 0.1) is 0 Å². The van der Waals surface area contributed by atoms with Gasteiger partial charge in [-0.3, -0.25) is 4.79 Å². The van der Waals surface area contributed by atoms with Crippen molar-refractivity contribution >= 4 is 12.0 Å². The molecule has 0 radical (unpaired) electrons. The molecule has 0 atom stereocenters. The standard InChI is InChI=1S/C26H23N3O2/c30-25(17-16-21-10-4-1-5-11-21)29(20-22-12-6-2-7-13-22)19-18-24-27-26(28-31-24)23-14-8-3-9-15-23/h1-17H,18-20H2/b17-16+. The maximum atomic E-state index is 12.9. The number of rotatable bonds is 8. The van der Waals surface area contributed by atoms with Crippen LogP contribution in [0.15, 0.2) is 102 Å². The molecule has 0 unspecified atom stereocenters. The lowest BCUT2D eigenvalue weighted by Crippen LogP contribution is -2.31. The molecule has 5 heteroatoms. The van der Waals surface area contributed by atoms with E-state index in [1.807, 2.05) is 97.1 Å². The fourth-order valence-corrected chi connectivity index (χ4v) is 3.20. The van der Waals surface area contributed by atoms with Gasteiger partial charge in [0.05, 0.1) is 0 Å². The third-order valence-electron chi connectivity index (χ3n) is 4.84. The molecule has 0 bridgehead atoms. The van der Waals surface area contributed by atoms with Gasteiger partial charge in [0.2, 0.25) is 17.6 Å². The monoisotopic (exact) mass is 409 g/mol. The van der Waals surface area contributed by atoms with Crippen molar-refractivity contribution in [3.05, 3.63) is 114 Å². The third-order valence-corrected chi connectivity index (χ3v) is 4.84. The van der Waals surface area contributed by atoms with Crippen molar-refractivity contribution in [3.8, 4) is 11.4 Å². The molecule has 154 valence electrons. The molecule has 1 amide bonds. The number of carbonyl (C=O) groups is 1. The lowest BCUT2D eigenvalue weighted by Gasteiger charge is -2.20. The Hall–Kier alpha value is -3.99. The average Bonchev–Trinajstić information content (AvgIpc) is 3.31. The summed E-state index contributed by atoms with van der Waals surface area (Å²) < 4.78 is 5.41. The molecule has 1 heterocycles. The predicted molar refractivity (Wildman–Crippen MR) is 121 cm³/mol. The first kappa shape index (κ1) is 20.3. The largest absolute Gasteiger partial charge is 0.339 e. The summed E-state index contributed by atoms with van der Waals surface area (Å²) in [4.78, 5) is 19.2. The minimum atomic E-state index is -0.0597. The molecule has 0 aliphatic carbocycles. The van der Waals surface area contributed by atoms with Gasteiger partial charge in [-0.2, -0.15) is 4.98 Å². The SMILES string of the molecule is O=C(/C=C/c1ccccc1)N(CCc1nc(-c2ccccc2)no1)Cc1ccccc1. The van der Waals surface area contributed by atoms with Crippen LogP contribution < -0.4 is 0 Å². The van der Waals surface area contributed by atoms with Gasteiger partial charge in [0.1, 0.15) is 0 Å². The van der Waals surface area contributed by atoms with Gasteiger partial charge < -0.3 is 9.42 Å². The zero-order chi connectivity index (χ0) is 21.3. The molecule has 0 saturated heterocycles. The van der Waals surface area contributed by atoms with E-state index in [1.165, 1.54) is 0 Å². The minimum Gasteiger partial charge on any atom is -0.339 e. The minimum absolute atomic E-state index is 0.0597. The van der Waals surface area contributed by atoms with Crippen LogP contribution in [0.1, 0.15) is 17.0 Å². The maximum absolute atomic E-state index is 12.9. The molecule has 0 fully saturated rings. The molecule has 0 saturated carbocycles. The number of carbonyl (C=O) groups excluding carboxylic acids is 1. The fraction of sp³-hybridized carbons (Fsp3) is 0.115. The molecule has 0 N–H and O–H groups in total. The molecular formula is C26H23N3O2. The molecule has 31 heavy (non-hydrogen) atoms. The van der Waals surface area contributed by atoms with Crippen molar-refractivity contribution in [2.24, 2.45) is 0 Å². The number of nitrogens with zero attached hydrogens (tertiary/aromatic N) is 3. The van der Waals surface area contributed by atoms with Crippen LogP contribution in [0.3, 0.4) is 0 Å². The molecule has 4 aromatic rings. The first-order valence-corrected chi connectivity index (χ1v) is 10.2. The molecule has 1 aromatic heterocycles. The van der Waals surface area contributed by atoms with Crippen LogP contribution in [0.25, 0.3) is 17.5 Å². The summed E-state index contributed by atoms with van der Waals surface area (Å²) in [5, 5.41) is 4.07. The number of benzene rings is 3. The second kappa shape index (κ2) is 10.2. The Kier molecular flexibility index (Phi) is 6.65. The average molecular weight is 409 g/mol. The van der Waals surface area contributed by atoms with Crippen LogP contribution in [0.4, 0.5) is 0 Å². The lowest BCUT2D eigenvalue weighted by atomic mass is 10.2. The Labute approximate surface area is 181 Å². The van der Waals surface area contributed by atoms with Crippen molar-refractivity contribution in [2.45, 2.75) is 13.0 Å². The van der Waals surface area contributed by atoms with E-state index in [4.69, 9.17) is 4.52 Å². The summed E-state index contributed by atoms with van der Waals surface area (Å²) in [7, 11) is 0. The van der Waals surface area contributed by atoms with E-state index in [0.29, 0.717) is 31.2 Å². The molecule has 3 aromatic carbocycles. The summed E-state index contributed by atoms with van der Waals surface area (Å²) in [6.45, 7) is 0.988. The first-order valence-electron chi connectivity index (χ1n) is 10.2. The van der Waals surface area contributed by atoms with E-state index in [-0.39, 0.29) is 5.91 Å². The van der Waals surface area contributed by atoms with E-state index in [9.17, 15) is 4.79 Å². The predicted octanol–water partition coefficient (Wildman–Crippen LogP) is 5.02. The summed E-state index contributed by atoms with van der Waals surface area (Å²) in [6, 6.07) is 29.4. The van der Waals surface area contributed by atoms with Crippen molar-refractivity contribution in [1.29, 1.82) is 0 Å². The zero-order valence-corrected chi connectivity index (χ0v) is 17.1. The number of aromatic nitrogens is 2. The zero-order valence-electron chi connectivity index (χ0n) is 17.1. The molecule has 0 aliphatic heterocycles. The summed E-state index contributed by atoms with van der Waals surface area (Å²) in [6.07, 6.45) is 3.93. The van der Waals surface area contributed by atoms with Gasteiger partial charge in [-0.1, -0.05) is 96.2 Å². The van der Waals surface area contributed by atoms with Crippen molar-refractivity contribution < 1.29 is 9.32 Å². The Morgan fingerprint density at radius 1 is 0.871 bits per heavy atom. The van der Waals surface area contributed by atoms with Crippen molar-refractivity contribution in [2.75, 3.05) is 6.54 Å². The number of hydrogen-bond donors (Lipinski definition) is 0. The van der Waals surface area contributed by atoms with Crippen LogP contribution in [0.2, 0.25) is 0 Å². The van der Waals surface area contributed by atoms with Gasteiger partial charge in [0.25, 0.3) is 0 Å². The molecule has 5 nitrogen and oxygen atoms in total. The van der Waals surface area contributed by atoms with Gasteiger partial charge in [0, 0.05) is 31.1 Å². The highest BCUT2D eigenvalue weighted by atomic mass is 16.5. The fourth-order valence-electron chi connectivity index (χ4n) is 3.20.